The number of ether oxygens (including phenoxy) is 2. The van der Waals surface area contributed by atoms with Crippen LogP contribution in [0.15, 0.2) is 12.2 Å². The van der Waals surface area contributed by atoms with Gasteiger partial charge in [-0.25, -0.2) is 0 Å². The monoisotopic (exact) mass is 252 g/mol. The quantitative estimate of drug-likeness (QED) is 0.705. The van der Waals surface area contributed by atoms with E-state index in [0.717, 1.165) is 45.1 Å². The Balaban J connectivity index is 1.66. The van der Waals surface area contributed by atoms with E-state index in [0.29, 0.717) is 5.78 Å². The highest BCUT2D eigenvalue weighted by Crippen LogP contribution is 2.24. The summed E-state index contributed by atoms with van der Waals surface area (Å²) in [5.74, 6) is 0.697. The first kappa shape index (κ1) is 13.8. The maximum atomic E-state index is 11.5. The highest BCUT2D eigenvalue weighted by Gasteiger charge is 2.22. The van der Waals surface area contributed by atoms with Gasteiger partial charge in [-0.3, -0.25) is 4.79 Å². The standard InChI is InChI=1S/C15H24O3/c1-12(18-15-10-2-3-11-17-15)6-4-7-13-8-5-9-14(13)16/h4,6,12-13,15H,2-3,5,7-11H2,1H3. The second-order valence-electron chi connectivity index (χ2n) is 5.36. The van der Waals surface area contributed by atoms with Crippen molar-refractivity contribution in [1.29, 1.82) is 0 Å². The molecule has 3 heteroatoms. The summed E-state index contributed by atoms with van der Waals surface area (Å²) in [6, 6.07) is 0. The van der Waals surface area contributed by atoms with Crippen molar-refractivity contribution in [1.82, 2.24) is 0 Å². The minimum absolute atomic E-state index is 0.0356. The van der Waals surface area contributed by atoms with Crippen LogP contribution in [0.2, 0.25) is 0 Å². The van der Waals surface area contributed by atoms with Crippen LogP contribution in [0.1, 0.15) is 51.9 Å². The van der Waals surface area contributed by atoms with Gasteiger partial charge in [0.25, 0.3) is 0 Å². The first-order valence-electron chi connectivity index (χ1n) is 7.22. The maximum Gasteiger partial charge on any atom is 0.158 e. The number of Topliss-reactive ketones (excluding diaryl/α,β-unsaturated/α-hetero) is 1. The van der Waals surface area contributed by atoms with Crippen molar-refractivity contribution in [2.24, 2.45) is 5.92 Å². The minimum Gasteiger partial charge on any atom is -0.353 e. The lowest BCUT2D eigenvalue weighted by molar-refractivity contribution is -0.175. The predicted octanol–water partition coefficient (Wildman–Crippen LogP) is 3.23. The topological polar surface area (TPSA) is 35.5 Å². The minimum atomic E-state index is -0.0356. The smallest absolute Gasteiger partial charge is 0.158 e. The Morgan fingerprint density at radius 1 is 1.39 bits per heavy atom. The molecule has 0 N–H and O–H groups in total. The summed E-state index contributed by atoms with van der Waals surface area (Å²) in [6.45, 7) is 2.85. The molecule has 1 aliphatic carbocycles. The average Bonchev–Trinajstić information content (AvgIpc) is 2.76. The fraction of sp³-hybridized carbons (Fsp3) is 0.800. The van der Waals surface area contributed by atoms with Crippen molar-refractivity contribution < 1.29 is 14.3 Å². The Morgan fingerprint density at radius 2 is 2.28 bits per heavy atom. The predicted molar refractivity (Wildman–Crippen MR) is 70.2 cm³/mol. The van der Waals surface area contributed by atoms with Gasteiger partial charge in [0.05, 0.1) is 6.10 Å². The van der Waals surface area contributed by atoms with Gasteiger partial charge in [0.2, 0.25) is 0 Å². The van der Waals surface area contributed by atoms with Crippen LogP contribution >= 0.6 is 0 Å². The maximum absolute atomic E-state index is 11.5. The lowest BCUT2D eigenvalue weighted by Crippen LogP contribution is -2.25. The van der Waals surface area contributed by atoms with Crippen molar-refractivity contribution >= 4 is 5.78 Å². The van der Waals surface area contributed by atoms with E-state index in [1.165, 1.54) is 6.42 Å². The molecule has 0 bridgehead atoms. The molecule has 1 aliphatic heterocycles. The molecule has 2 aliphatic rings. The number of carbonyl (C=O) groups is 1. The van der Waals surface area contributed by atoms with Gasteiger partial charge < -0.3 is 9.47 Å². The van der Waals surface area contributed by atoms with Gasteiger partial charge in [0, 0.05) is 18.9 Å². The lowest BCUT2D eigenvalue weighted by atomic mass is 10.0. The summed E-state index contributed by atoms with van der Waals surface area (Å²) >= 11 is 0. The molecular formula is C15H24O3. The Kier molecular flexibility index (Phi) is 5.39. The van der Waals surface area contributed by atoms with E-state index in [9.17, 15) is 4.79 Å². The van der Waals surface area contributed by atoms with Crippen molar-refractivity contribution in [3.05, 3.63) is 12.2 Å². The van der Waals surface area contributed by atoms with Crippen LogP contribution in [0.25, 0.3) is 0 Å². The molecule has 102 valence electrons. The molecule has 3 unspecified atom stereocenters. The fourth-order valence-corrected chi connectivity index (χ4v) is 2.67. The van der Waals surface area contributed by atoms with Gasteiger partial charge >= 0.3 is 0 Å². The highest BCUT2D eigenvalue weighted by molar-refractivity contribution is 5.82. The Morgan fingerprint density at radius 3 is 2.94 bits per heavy atom. The molecule has 0 amide bonds. The number of hydrogen-bond acceptors (Lipinski definition) is 3. The summed E-state index contributed by atoms with van der Waals surface area (Å²) in [5, 5.41) is 0. The summed E-state index contributed by atoms with van der Waals surface area (Å²) in [7, 11) is 0. The van der Waals surface area contributed by atoms with Crippen LogP contribution in [0, 0.1) is 5.92 Å². The fourth-order valence-electron chi connectivity index (χ4n) is 2.67. The highest BCUT2D eigenvalue weighted by atomic mass is 16.7. The molecule has 18 heavy (non-hydrogen) atoms. The van der Waals surface area contributed by atoms with Crippen molar-refractivity contribution in [3.63, 3.8) is 0 Å². The summed E-state index contributed by atoms with van der Waals surface area (Å²) in [6.07, 6.45) is 11.3. The van der Waals surface area contributed by atoms with E-state index in [2.05, 4.69) is 12.2 Å². The molecule has 1 saturated carbocycles. The van der Waals surface area contributed by atoms with Crippen LogP contribution in [0.4, 0.5) is 0 Å². The van der Waals surface area contributed by atoms with Crippen LogP contribution in [-0.2, 0) is 14.3 Å². The van der Waals surface area contributed by atoms with Gasteiger partial charge in [-0.15, -0.1) is 0 Å². The van der Waals surface area contributed by atoms with Crippen LogP contribution in [0.3, 0.4) is 0 Å². The van der Waals surface area contributed by atoms with Crippen LogP contribution in [0.5, 0.6) is 0 Å². The molecule has 1 saturated heterocycles. The van der Waals surface area contributed by atoms with Gasteiger partial charge in [0.15, 0.2) is 6.29 Å². The molecule has 3 nitrogen and oxygen atoms in total. The zero-order valence-corrected chi connectivity index (χ0v) is 11.3. The van der Waals surface area contributed by atoms with Gasteiger partial charge in [-0.05, 0) is 45.4 Å². The van der Waals surface area contributed by atoms with Crippen molar-refractivity contribution in [3.8, 4) is 0 Å². The Bertz CT molecular complexity index is 292. The molecular weight excluding hydrogens is 228 g/mol. The molecule has 0 radical (unpaired) electrons. The lowest BCUT2D eigenvalue weighted by Gasteiger charge is -2.24. The molecule has 0 aromatic heterocycles. The van der Waals surface area contributed by atoms with Gasteiger partial charge in [-0.1, -0.05) is 12.2 Å². The molecule has 1 heterocycles. The van der Waals surface area contributed by atoms with Crippen LogP contribution < -0.4 is 0 Å². The second kappa shape index (κ2) is 7.05. The second-order valence-corrected chi connectivity index (χ2v) is 5.36. The van der Waals surface area contributed by atoms with E-state index in [1.54, 1.807) is 0 Å². The van der Waals surface area contributed by atoms with Gasteiger partial charge in [-0.2, -0.15) is 0 Å². The molecule has 2 fully saturated rings. The van der Waals surface area contributed by atoms with E-state index in [4.69, 9.17) is 9.47 Å². The SMILES string of the molecule is CC(C=CCC1CCCC1=O)OC1CCCCO1. The molecule has 0 aromatic rings. The third-order valence-electron chi connectivity index (χ3n) is 3.76. The molecule has 2 rings (SSSR count). The van der Waals surface area contributed by atoms with Gasteiger partial charge in [0.1, 0.15) is 5.78 Å². The third kappa shape index (κ3) is 4.21. The van der Waals surface area contributed by atoms with E-state index in [-0.39, 0.29) is 18.3 Å². The van der Waals surface area contributed by atoms with E-state index >= 15 is 0 Å². The van der Waals surface area contributed by atoms with Crippen molar-refractivity contribution in [2.75, 3.05) is 6.61 Å². The average molecular weight is 252 g/mol. The largest absolute Gasteiger partial charge is 0.353 e. The first-order valence-corrected chi connectivity index (χ1v) is 7.22. The zero-order chi connectivity index (χ0) is 12.8. The van der Waals surface area contributed by atoms with Crippen LogP contribution in [-0.4, -0.2) is 24.8 Å². The summed E-state index contributed by atoms with van der Waals surface area (Å²) < 4.78 is 11.3. The summed E-state index contributed by atoms with van der Waals surface area (Å²) in [4.78, 5) is 11.5. The zero-order valence-electron chi connectivity index (χ0n) is 11.3. The Hall–Kier alpha value is -0.670. The normalized spacial score (nSPS) is 31.1. The molecule has 0 spiro atoms. The molecule has 0 aromatic carbocycles. The number of hydrogen-bond donors (Lipinski definition) is 0. The number of carbonyl (C=O) groups excluding carboxylic acids is 1. The number of ketones is 1. The number of allylic oxidation sites excluding steroid dienone is 1. The molecule has 3 atom stereocenters. The van der Waals surface area contributed by atoms with Crippen molar-refractivity contribution in [2.45, 2.75) is 64.3 Å². The van der Waals surface area contributed by atoms with E-state index < -0.39 is 0 Å². The third-order valence-corrected chi connectivity index (χ3v) is 3.76. The van der Waals surface area contributed by atoms with E-state index in [1.807, 2.05) is 6.92 Å². The number of rotatable bonds is 5. The Labute approximate surface area is 110 Å². The summed E-state index contributed by atoms with van der Waals surface area (Å²) in [5.41, 5.74) is 0. The first-order chi connectivity index (χ1) is 8.75.